The van der Waals surface area contributed by atoms with E-state index >= 15 is 0 Å². The van der Waals surface area contributed by atoms with Crippen molar-refractivity contribution < 1.29 is 9.47 Å². The predicted molar refractivity (Wildman–Crippen MR) is 97.2 cm³/mol. The Labute approximate surface area is 139 Å². The van der Waals surface area contributed by atoms with E-state index in [1.54, 1.807) is 0 Å². The third-order valence-corrected chi connectivity index (χ3v) is 3.63. The highest BCUT2D eigenvalue weighted by atomic mass is 16.7. The van der Waals surface area contributed by atoms with E-state index in [4.69, 9.17) is 9.47 Å². The Bertz CT molecular complexity index is 252. The lowest BCUT2D eigenvalue weighted by Crippen LogP contribution is -2.17. The number of rotatable bonds is 16. The lowest BCUT2D eigenvalue weighted by atomic mass is 10.1. The van der Waals surface area contributed by atoms with Crippen molar-refractivity contribution in [3.8, 4) is 0 Å². The molecule has 0 fully saturated rings. The maximum atomic E-state index is 5.56. The normalized spacial score (nSPS) is 12.2. The molecule has 0 aliphatic rings. The maximum Gasteiger partial charge on any atom is 0.157 e. The summed E-state index contributed by atoms with van der Waals surface area (Å²) in [6.07, 6.45) is 21.5. The molecule has 0 bridgehead atoms. The smallest absolute Gasteiger partial charge is 0.157 e. The summed E-state index contributed by atoms with van der Waals surface area (Å²) >= 11 is 0. The van der Waals surface area contributed by atoms with Crippen LogP contribution in [0, 0.1) is 0 Å². The number of unbranched alkanes of at least 4 members (excludes halogenated alkanes) is 7. The van der Waals surface area contributed by atoms with E-state index < -0.39 is 0 Å². The van der Waals surface area contributed by atoms with Crippen LogP contribution in [0.2, 0.25) is 0 Å². The second-order valence-corrected chi connectivity index (χ2v) is 5.66. The third kappa shape index (κ3) is 15.8. The zero-order valence-corrected chi connectivity index (χ0v) is 15.2. The van der Waals surface area contributed by atoms with Crippen molar-refractivity contribution >= 4 is 0 Å². The van der Waals surface area contributed by atoms with Crippen molar-refractivity contribution in [1.82, 2.24) is 0 Å². The van der Waals surface area contributed by atoms with Crippen LogP contribution in [-0.2, 0) is 9.47 Å². The minimum atomic E-state index is 0.0172. The van der Waals surface area contributed by atoms with Crippen LogP contribution in [0.15, 0.2) is 24.3 Å². The van der Waals surface area contributed by atoms with Gasteiger partial charge in [-0.05, 0) is 46.0 Å². The Morgan fingerprint density at radius 3 is 1.82 bits per heavy atom. The van der Waals surface area contributed by atoms with Gasteiger partial charge in [0, 0.05) is 13.2 Å². The van der Waals surface area contributed by atoms with Crippen LogP contribution in [-0.4, -0.2) is 19.5 Å². The van der Waals surface area contributed by atoms with E-state index in [2.05, 4.69) is 31.2 Å². The summed E-state index contributed by atoms with van der Waals surface area (Å²) in [4.78, 5) is 0. The molecule has 0 aromatic rings. The van der Waals surface area contributed by atoms with E-state index in [9.17, 15) is 0 Å². The van der Waals surface area contributed by atoms with Crippen molar-refractivity contribution in [2.45, 2.75) is 91.3 Å². The van der Waals surface area contributed by atoms with E-state index in [1.165, 1.54) is 51.4 Å². The van der Waals surface area contributed by atoms with Crippen molar-refractivity contribution in [3.05, 3.63) is 24.3 Å². The van der Waals surface area contributed by atoms with Gasteiger partial charge in [0.25, 0.3) is 0 Å². The van der Waals surface area contributed by atoms with Crippen LogP contribution in [0.4, 0.5) is 0 Å². The fourth-order valence-electron chi connectivity index (χ4n) is 2.43. The Balaban J connectivity index is 3.29. The van der Waals surface area contributed by atoms with Gasteiger partial charge in [-0.25, -0.2) is 0 Å². The average Bonchev–Trinajstić information content (AvgIpc) is 2.52. The predicted octanol–water partition coefficient (Wildman–Crippen LogP) is 6.42. The minimum absolute atomic E-state index is 0.0172. The number of hydrogen-bond acceptors (Lipinski definition) is 2. The Hall–Kier alpha value is -0.600. The first kappa shape index (κ1) is 21.4. The molecule has 0 spiro atoms. The molecular formula is C20H38O2. The van der Waals surface area contributed by atoms with Crippen molar-refractivity contribution in [2.75, 3.05) is 13.2 Å². The molecule has 22 heavy (non-hydrogen) atoms. The van der Waals surface area contributed by atoms with Gasteiger partial charge in [0.1, 0.15) is 0 Å². The minimum Gasteiger partial charge on any atom is -0.353 e. The molecule has 0 N–H and O–H groups in total. The molecule has 0 heterocycles. The summed E-state index contributed by atoms with van der Waals surface area (Å²) in [6, 6.07) is 0. The molecule has 0 atom stereocenters. The summed E-state index contributed by atoms with van der Waals surface area (Å²) in [5, 5.41) is 0. The Morgan fingerprint density at radius 2 is 1.23 bits per heavy atom. The molecule has 2 heteroatoms. The van der Waals surface area contributed by atoms with Gasteiger partial charge in [-0.15, -0.1) is 0 Å². The second kappa shape index (κ2) is 18.4. The Kier molecular flexibility index (Phi) is 17.9. The molecular weight excluding hydrogens is 272 g/mol. The molecule has 0 rings (SSSR count). The van der Waals surface area contributed by atoms with Gasteiger partial charge in [-0.3, -0.25) is 0 Å². The average molecular weight is 311 g/mol. The van der Waals surface area contributed by atoms with E-state index in [0.29, 0.717) is 0 Å². The van der Waals surface area contributed by atoms with Crippen molar-refractivity contribution in [3.63, 3.8) is 0 Å². The molecule has 2 nitrogen and oxygen atoms in total. The highest BCUT2D eigenvalue weighted by molar-refractivity contribution is 5.01. The van der Waals surface area contributed by atoms with Crippen molar-refractivity contribution in [2.24, 2.45) is 0 Å². The number of hydrogen-bond donors (Lipinski definition) is 0. The van der Waals surface area contributed by atoms with Crippen LogP contribution in [0.3, 0.4) is 0 Å². The van der Waals surface area contributed by atoms with Crippen LogP contribution < -0.4 is 0 Å². The van der Waals surface area contributed by atoms with Crippen LogP contribution >= 0.6 is 0 Å². The molecule has 0 aromatic heterocycles. The summed E-state index contributed by atoms with van der Waals surface area (Å²) in [5.74, 6) is 0. The molecule has 130 valence electrons. The standard InChI is InChI=1S/C20H38O2/c1-4-7-8-9-10-11-12-13-14-15-16-17-18-19-20(21-5-2)22-6-3/h7-10,20H,4-6,11-19H2,1-3H3/b8-7+,10-9+. The van der Waals surface area contributed by atoms with E-state index in [0.717, 1.165) is 26.1 Å². The molecule has 0 saturated carbocycles. The summed E-state index contributed by atoms with van der Waals surface area (Å²) in [7, 11) is 0. The van der Waals surface area contributed by atoms with Gasteiger partial charge in [-0.2, -0.15) is 0 Å². The van der Waals surface area contributed by atoms with Crippen LogP contribution in [0.1, 0.15) is 85.0 Å². The first-order valence-electron chi connectivity index (χ1n) is 9.39. The first-order valence-corrected chi connectivity index (χ1v) is 9.39. The molecule has 0 saturated heterocycles. The second-order valence-electron chi connectivity index (χ2n) is 5.66. The molecule has 0 unspecified atom stereocenters. The monoisotopic (exact) mass is 310 g/mol. The largest absolute Gasteiger partial charge is 0.353 e. The van der Waals surface area contributed by atoms with Gasteiger partial charge in [0.05, 0.1) is 0 Å². The quantitative estimate of drug-likeness (QED) is 0.186. The summed E-state index contributed by atoms with van der Waals surface area (Å²) in [5.41, 5.74) is 0. The van der Waals surface area contributed by atoms with E-state index in [1.807, 2.05) is 13.8 Å². The molecule has 0 aliphatic carbocycles. The molecule has 0 aromatic carbocycles. The van der Waals surface area contributed by atoms with Crippen LogP contribution in [0.25, 0.3) is 0 Å². The third-order valence-electron chi connectivity index (χ3n) is 3.63. The zero-order valence-electron chi connectivity index (χ0n) is 15.2. The molecule has 0 aliphatic heterocycles. The fraction of sp³-hybridized carbons (Fsp3) is 0.800. The molecule has 0 amide bonds. The SMILES string of the molecule is CC/C=C/C=C/CCCCCCCCCC(OCC)OCC. The van der Waals surface area contributed by atoms with E-state index in [-0.39, 0.29) is 6.29 Å². The topological polar surface area (TPSA) is 18.5 Å². The van der Waals surface area contributed by atoms with Gasteiger partial charge in [-0.1, -0.05) is 63.3 Å². The fourth-order valence-corrected chi connectivity index (χ4v) is 2.43. The lowest BCUT2D eigenvalue weighted by Gasteiger charge is -2.16. The highest BCUT2D eigenvalue weighted by Gasteiger charge is 2.06. The van der Waals surface area contributed by atoms with Crippen molar-refractivity contribution in [1.29, 1.82) is 0 Å². The van der Waals surface area contributed by atoms with Crippen LogP contribution in [0.5, 0.6) is 0 Å². The first-order chi connectivity index (χ1) is 10.8. The number of allylic oxidation sites excluding steroid dienone is 4. The molecule has 0 radical (unpaired) electrons. The summed E-state index contributed by atoms with van der Waals surface area (Å²) in [6.45, 7) is 7.71. The number of ether oxygens (including phenoxy) is 2. The van der Waals surface area contributed by atoms with Gasteiger partial charge in [0.2, 0.25) is 0 Å². The van der Waals surface area contributed by atoms with Gasteiger partial charge >= 0.3 is 0 Å². The Morgan fingerprint density at radius 1 is 0.682 bits per heavy atom. The summed E-state index contributed by atoms with van der Waals surface area (Å²) < 4.78 is 11.1. The van der Waals surface area contributed by atoms with Gasteiger partial charge < -0.3 is 9.47 Å². The van der Waals surface area contributed by atoms with Gasteiger partial charge in [0.15, 0.2) is 6.29 Å². The zero-order chi connectivity index (χ0) is 16.3. The maximum absolute atomic E-state index is 5.56. The lowest BCUT2D eigenvalue weighted by molar-refractivity contribution is -0.140. The highest BCUT2D eigenvalue weighted by Crippen LogP contribution is 2.12.